The van der Waals surface area contributed by atoms with E-state index in [0.717, 1.165) is 10.9 Å². The molecule has 0 aliphatic rings. The van der Waals surface area contributed by atoms with E-state index in [1.54, 1.807) is 25.4 Å². The van der Waals surface area contributed by atoms with E-state index < -0.39 is 12.1 Å². The number of benzene rings is 1. The van der Waals surface area contributed by atoms with Crippen molar-refractivity contribution in [3.63, 3.8) is 0 Å². The molecule has 0 bridgehead atoms. The van der Waals surface area contributed by atoms with Crippen LogP contribution in [0.25, 0.3) is 10.9 Å². The lowest BCUT2D eigenvalue weighted by Gasteiger charge is -2.15. The minimum atomic E-state index is -0.957. The minimum absolute atomic E-state index is 0.414. The second-order valence-corrected chi connectivity index (χ2v) is 4.19. The van der Waals surface area contributed by atoms with E-state index in [-0.39, 0.29) is 0 Å². The SMILES string of the molecule is CNCCC(Oc1ccc2ncccc2c1)C(=O)O. The first-order chi connectivity index (χ1) is 9.20. The summed E-state index contributed by atoms with van der Waals surface area (Å²) in [5.74, 6) is -0.412. The molecule has 0 radical (unpaired) electrons. The molecule has 0 aliphatic heterocycles. The first-order valence-corrected chi connectivity index (χ1v) is 6.09. The van der Waals surface area contributed by atoms with Crippen LogP contribution >= 0.6 is 0 Å². The van der Waals surface area contributed by atoms with Crippen molar-refractivity contribution in [1.29, 1.82) is 0 Å². The van der Waals surface area contributed by atoms with Crippen LogP contribution in [0.4, 0.5) is 0 Å². The Morgan fingerprint density at radius 3 is 3.05 bits per heavy atom. The van der Waals surface area contributed by atoms with E-state index in [0.29, 0.717) is 18.7 Å². The molecule has 100 valence electrons. The predicted molar refractivity (Wildman–Crippen MR) is 72.3 cm³/mol. The van der Waals surface area contributed by atoms with Crippen molar-refractivity contribution in [2.75, 3.05) is 13.6 Å². The molecule has 0 amide bonds. The van der Waals surface area contributed by atoms with Gasteiger partial charge in [0.05, 0.1) is 5.52 Å². The van der Waals surface area contributed by atoms with Crippen LogP contribution in [-0.4, -0.2) is 35.8 Å². The number of nitrogens with one attached hydrogen (secondary N) is 1. The lowest BCUT2D eigenvalue weighted by molar-refractivity contribution is -0.145. The highest BCUT2D eigenvalue weighted by Crippen LogP contribution is 2.20. The Kier molecular flexibility index (Phi) is 4.30. The Morgan fingerprint density at radius 2 is 2.32 bits per heavy atom. The van der Waals surface area contributed by atoms with Crippen molar-refractivity contribution in [2.45, 2.75) is 12.5 Å². The summed E-state index contributed by atoms with van der Waals surface area (Å²) >= 11 is 0. The van der Waals surface area contributed by atoms with Gasteiger partial charge in [-0.25, -0.2) is 4.79 Å². The molecular weight excluding hydrogens is 244 g/mol. The number of hydrogen-bond donors (Lipinski definition) is 2. The third-order valence-corrected chi connectivity index (χ3v) is 2.78. The number of carboxylic acid groups (broad SMARTS) is 1. The fourth-order valence-electron chi connectivity index (χ4n) is 1.80. The van der Waals surface area contributed by atoms with E-state index in [2.05, 4.69) is 10.3 Å². The van der Waals surface area contributed by atoms with Crippen LogP contribution in [0.5, 0.6) is 5.75 Å². The molecule has 5 nitrogen and oxygen atoms in total. The molecule has 1 aromatic heterocycles. The second kappa shape index (κ2) is 6.15. The number of aromatic nitrogens is 1. The maximum absolute atomic E-state index is 11.1. The molecule has 0 spiro atoms. The van der Waals surface area contributed by atoms with Gasteiger partial charge in [-0.3, -0.25) is 4.98 Å². The highest BCUT2D eigenvalue weighted by Gasteiger charge is 2.18. The van der Waals surface area contributed by atoms with Crippen molar-refractivity contribution >= 4 is 16.9 Å². The van der Waals surface area contributed by atoms with Crippen LogP contribution in [0, 0.1) is 0 Å². The monoisotopic (exact) mass is 260 g/mol. The number of rotatable bonds is 6. The predicted octanol–water partition coefficient (Wildman–Crippen LogP) is 1.68. The average Bonchev–Trinajstić information content (AvgIpc) is 2.43. The zero-order chi connectivity index (χ0) is 13.7. The fourth-order valence-corrected chi connectivity index (χ4v) is 1.80. The van der Waals surface area contributed by atoms with Crippen molar-refractivity contribution < 1.29 is 14.6 Å². The van der Waals surface area contributed by atoms with Gasteiger partial charge < -0.3 is 15.2 Å². The summed E-state index contributed by atoms with van der Waals surface area (Å²) in [6.07, 6.45) is 1.29. The molecule has 0 fully saturated rings. The summed E-state index contributed by atoms with van der Waals surface area (Å²) in [6.45, 7) is 0.589. The smallest absolute Gasteiger partial charge is 0.344 e. The zero-order valence-electron chi connectivity index (χ0n) is 10.7. The minimum Gasteiger partial charge on any atom is -0.479 e. The van der Waals surface area contributed by atoms with Gasteiger partial charge in [-0.15, -0.1) is 0 Å². The van der Waals surface area contributed by atoms with Crippen LogP contribution in [0.2, 0.25) is 0 Å². The Morgan fingerprint density at radius 1 is 1.47 bits per heavy atom. The van der Waals surface area contributed by atoms with Crippen molar-refractivity contribution in [2.24, 2.45) is 0 Å². The Balaban J connectivity index is 2.16. The number of carboxylic acids is 1. The highest BCUT2D eigenvalue weighted by atomic mass is 16.5. The first kappa shape index (κ1) is 13.3. The maximum Gasteiger partial charge on any atom is 0.344 e. The molecule has 0 aliphatic carbocycles. The van der Waals surface area contributed by atoms with E-state index in [1.807, 2.05) is 18.2 Å². The Hall–Kier alpha value is -2.14. The van der Waals surface area contributed by atoms with Crippen molar-refractivity contribution in [3.8, 4) is 5.75 Å². The summed E-state index contributed by atoms with van der Waals surface area (Å²) in [4.78, 5) is 15.3. The van der Waals surface area contributed by atoms with Gasteiger partial charge in [0.25, 0.3) is 0 Å². The maximum atomic E-state index is 11.1. The van der Waals surface area contributed by atoms with Crippen LogP contribution in [0.15, 0.2) is 36.5 Å². The third-order valence-electron chi connectivity index (χ3n) is 2.78. The Bertz CT molecular complexity index is 571. The molecular formula is C14H16N2O3. The first-order valence-electron chi connectivity index (χ1n) is 6.09. The van der Waals surface area contributed by atoms with Crippen LogP contribution in [0.3, 0.4) is 0 Å². The number of ether oxygens (including phenoxy) is 1. The zero-order valence-corrected chi connectivity index (χ0v) is 10.7. The lowest BCUT2D eigenvalue weighted by Crippen LogP contribution is -2.30. The summed E-state index contributed by atoms with van der Waals surface area (Å²) in [6, 6.07) is 9.12. The van der Waals surface area contributed by atoms with Crippen molar-refractivity contribution in [3.05, 3.63) is 36.5 Å². The normalized spacial score (nSPS) is 12.3. The van der Waals surface area contributed by atoms with Crippen LogP contribution in [0.1, 0.15) is 6.42 Å². The van der Waals surface area contributed by atoms with E-state index >= 15 is 0 Å². The van der Waals surface area contributed by atoms with Crippen LogP contribution < -0.4 is 10.1 Å². The van der Waals surface area contributed by atoms with Gasteiger partial charge in [-0.1, -0.05) is 6.07 Å². The summed E-state index contributed by atoms with van der Waals surface area (Å²) in [7, 11) is 1.78. The van der Waals surface area contributed by atoms with Gasteiger partial charge >= 0.3 is 5.97 Å². The highest BCUT2D eigenvalue weighted by molar-refractivity contribution is 5.80. The molecule has 1 atom stereocenters. The molecule has 1 heterocycles. The van der Waals surface area contributed by atoms with Gasteiger partial charge in [0.2, 0.25) is 0 Å². The molecule has 5 heteroatoms. The standard InChI is InChI=1S/C14H16N2O3/c1-15-8-6-13(14(17)18)19-11-4-5-12-10(9-11)3-2-7-16-12/h2-5,7,9,13,15H,6,8H2,1H3,(H,17,18). The quantitative estimate of drug-likeness (QED) is 0.826. The Labute approximate surface area is 111 Å². The lowest BCUT2D eigenvalue weighted by atomic mass is 10.2. The fraction of sp³-hybridized carbons (Fsp3) is 0.286. The van der Waals surface area contributed by atoms with Crippen molar-refractivity contribution in [1.82, 2.24) is 10.3 Å². The number of hydrogen-bond acceptors (Lipinski definition) is 4. The van der Waals surface area contributed by atoms with Gasteiger partial charge in [-0.2, -0.15) is 0 Å². The largest absolute Gasteiger partial charge is 0.479 e. The van der Waals surface area contributed by atoms with E-state index in [4.69, 9.17) is 9.84 Å². The number of carbonyl (C=O) groups is 1. The molecule has 2 rings (SSSR count). The second-order valence-electron chi connectivity index (χ2n) is 4.19. The number of nitrogens with zero attached hydrogens (tertiary/aromatic N) is 1. The molecule has 0 saturated carbocycles. The summed E-state index contributed by atoms with van der Waals surface area (Å²) in [5.41, 5.74) is 0.858. The van der Waals surface area contributed by atoms with Crippen LogP contribution in [-0.2, 0) is 4.79 Å². The summed E-state index contributed by atoms with van der Waals surface area (Å²) in [5, 5.41) is 13.0. The summed E-state index contributed by atoms with van der Waals surface area (Å²) < 4.78 is 5.52. The van der Waals surface area contributed by atoms with E-state index in [9.17, 15) is 4.79 Å². The number of pyridine rings is 1. The molecule has 2 aromatic rings. The molecule has 2 N–H and O–H groups in total. The number of fused-ring (bicyclic) bond motifs is 1. The third kappa shape index (κ3) is 3.42. The van der Waals surface area contributed by atoms with Gasteiger partial charge in [0.15, 0.2) is 6.10 Å². The molecule has 0 saturated heterocycles. The molecule has 19 heavy (non-hydrogen) atoms. The van der Waals surface area contributed by atoms with Gasteiger partial charge in [0, 0.05) is 18.0 Å². The number of aliphatic carboxylic acids is 1. The van der Waals surface area contributed by atoms with Gasteiger partial charge in [0.1, 0.15) is 5.75 Å². The van der Waals surface area contributed by atoms with E-state index in [1.165, 1.54) is 0 Å². The van der Waals surface area contributed by atoms with Gasteiger partial charge in [-0.05, 0) is 37.9 Å². The molecule has 1 aromatic carbocycles. The topological polar surface area (TPSA) is 71.5 Å². The average molecular weight is 260 g/mol. The molecule has 1 unspecified atom stereocenters.